The van der Waals surface area contributed by atoms with Crippen LogP contribution in [0.1, 0.15) is 128 Å². The summed E-state index contributed by atoms with van der Waals surface area (Å²) in [6, 6.07) is 15.6. The van der Waals surface area contributed by atoms with E-state index in [-0.39, 0.29) is 0 Å². The minimum absolute atomic E-state index is 0.689. The highest BCUT2D eigenvalue weighted by Crippen LogP contribution is 2.18. The summed E-state index contributed by atoms with van der Waals surface area (Å²) in [5.41, 5.74) is 15.0. The third-order valence-electron chi connectivity index (χ3n) is 6.32. The maximum atomic E-state index is 5.85. The summed E-state index contributed by atoms with van der Waals surface area (Å²) in [6.07, 6.45) is 27.4. The first-order valence-corrected chi connectivity index (χ1v) is 14.1. The van der Waals surface area contributed by atoms with Crippen molar-refractivity contribution in [2.75, 3.05) is 11.5 Å². The molecule has 0 heterocycles. The molecule has 0 unspecified atom stereocenters. The van der Waals surface area contributed by atoms with E-state index in [1.54, 1.807) is 6.07 Å². The number of nitrogens with two attached hydrogens (primary N) is 2. The second-order valence-electron chi connectivity index (χ2n) is 9.58. The third kappa shape index (κ3) is 16.4. The van der Waals surface area contributed by atoms with Gasteiger partial charge < -0.3 is 11.5 Å². The van der Waals surface area contributed by atoms with Crippen LogP contribution in [0.25, 0.3) is 12.2 Å². The van der Waals surface area contributed by atoms with Crippen LogP contribution in [-0.4, -0.2) is 0 Å². The molecule has 2 rings (SSSR count). The van der Waals surface area contributed by atoms with E-state index in [1.807, 2.05) is 54.6 Å². The van der Waals surface area contributed by atoms with Gasteiger partial charge >= 0.3 is 0 Å². The predicted molar refractivity (Wildman–Crippen MR) is 156 cm³/mol. The molecule has 0 radical (unpaired) electrons. The van der Waals surface area contributed by atoms with E-state index in [0.717, 1.165) is 11.1 Å². The van der Waals surface area contributed by atoms with E-state index in [1.165, 1.54) is 103 Å². The van der Waals surface area contributed by atoms with Crippen molar-refractivity contribution in [3.05, 3.63) is 59.7 Å². The number of benzene rings is 2. The summed E-state index contributed by atoms with van der Waals surface area (Å²) >= 11 is 0. The van der Waals surface area contributed by atoms with Crippen LogP contribution in [-0.2, 0) is 0 Å². The third-order valence-corrected chi connectivity index (χ3v) is 6.32. The monoisotopic (exact) mass is 464 g/mol. The van der Waals surface area contributed by atoms with Crippen LogP contribution in [0.3, 0.4) is 0 Å². The van der Waals surface area contributed by atoms with Crippen molar-refractivity contribution >= 4 is 23.5 Å². The molecule has 0 atom stereocenters. The van der Waals surface area contributed by atoms with Crippen LogP contribution >= 0.6 is 0 Å². The van der Waals surface area contributed by atoms with E-state index in [2.05, 4.69) is 13.8 Å². The molecule has 0 amide bonds. The second-order valence-corrected chi connectivity index (χ2v) is 9.58. The summed E-state index contributed by atoms with van der Waals surface area (Å²) in [5.74, 6) is 0. The van der Waals surface area contributed by atoms with Crippen molar-refractivity contribution in [1.29, 1.82) is 0 Å². The van der Waals surface area contributed by atoms with Crippen LogP contribution in [0.15, 0.2) is 48.5 Å². The average Bonchev–Trinajstić information content (AvgIpc) is 2.85. The maximum Gasteiger partial charge on any atom is 0.0408 e. The molecule has 2 aromatic rings. The zero-order valence-electron chi connectivity index (χ0n) is 22.2. The Kier molecular flexibility index (Phi) is 18.7. The number of hydrogen-bond acceptors (Lipinski definition) is 2. The van der Waals surface area contributed by atoms with E-state index >= 15 is 0 Å². The summed E-state index contributed by atoms with van der Waals surface area (Å²) < 4.78 is 0. The standard InChI is InChI=1S/C18H38.C14H14N2/c1-3-5-7-9-11-13-15-17-18-16-14-12-10-8-6-4-2;15-13-9-8-12(14(16)10-13)7-6-11-4-2-1-3-5-11/h3-18H2,1-2H3;1-10H,15-16H2. The van der Waals surface area contributed by atoms with E-state index in [4.69, 9.17) is 11.5 Å². The zero-order valence-corrected chi connectivity index (χ0v) is 22.2. The molecule has 0 spiro atoms. The Morgan fingerprint density at radius 2 is 0.971 bits per heavy atom. The quantitative estimate of drug-likeness (QED) is 0.139. The minimum Gasteiger partial charge on any atom is -0.399 e. The Bertz CT molecular complexity index is 720. The van der Waals surface area contributed by atoms with Crippen molar-refractivity contribution in [1.82, 2.24) is 0 Å². The fourth-order valence-corrected chi connectivity index (χ4v) is 4.12. The van der Waals surface area contributed by atoms with Gasteiger partial charge in [-0.05, 0) is 23.3 Å². The normalized spacial score (nSPS) is 10.9. The highest BCUT2D eigenvalue weighted by atomic mass is 14.6. The molecule has 0 aliphatic carbocycles. The van der Waals surface area contributed by atoms with Gasteiger partial charge in [-0.3, -0.25) is 0 Å². The van der Waals surface area contributed by atoms with Crippen LogP contribution in [0.4, 0.5) is 11.4 Å². The summed E-state index contributed by atoms with van der Waals surface area (Å²) in [7, 11) is 0. The topological polar surface area (TPSA) is 52.0 Å². The lowest BCUT2D eigenvalue weighted by atomic mass is 10.0. The van der Waals surface area contributed by atoms with Gasteiger partial charge in [0.15, 0.2) is 0 Å². The fraction of sp³-hybridized carbons (Fsp3) is 0.562. The molecule has 34 heavy (non-hydrogen) atoms. The van der Waals surface area contributed by atoms with Gasteiger partial charge in [0.05, 0.1) is 0 Å². The van der Waals surface area contributed by atoms with Crippen molar-refractivity contribution in [3.63, 3.8) is 0 Å². The summed E-state index contributed by atoms with van der Waals surface area (Å²) in [5, 5.41) is 0. The molecular formula is C32H52N2. The Labute approximate surface area is 211 Å². The number of hydrogen-bond donors (Lipinski definition) is 2. The minimum atomic E-state index is 0.689. The van der Waals surface area contributed by atoms with Gasteiger partial charge in [0, 0.05) is 11.4 Å². The molecule has 0 aromatic heterocycles. The first kappa shape index (κ1) is 29.8. The number of nitrogen functional groups attached to an aromatic ring is 2. The lowest BCUT2D eigenvalue weighted by Gasteiger charge is -2.03. The molecule has 0 saturated heterocycles. The van der Waals surface area contributed by atoms with Crippen LogP contribution in [0.5, 0.6) is 0 Å². The van der Waals surface area contributed by atoms with Crippen molar-refractivity contribution < 1.29 is 0 Å². The Hall–Kier alpha value is -2.22. The van der Waals surface area contributed by atoms with E-state index in [9.17, 15) is 0 Å². The van der Waals surface area contributed by atoms with Gasteiger partial charge in [-0.1, -0.05) is 165 Å². The number of anilines is 2. The average molecular weight is 465 g/mol. The van der Waals surface area contributed by atoms with Gasteiger partial charge in [-0.15, -0.1) is 0 Å². The summed E-state index contributed by atoms with van der Waals surface area (Å²) in [4.78, 5) is 0. The Morgan fingerprint density at radius 3 is 1.38 bits per heavy atom. The van der Waals surface area contributed by atoms with Gasteiger partial charge in [-0.25, -0.2) is 0 Å². The second kappa shape index (κ2) is 21.3. The van der Waals surface area contributed by atoms with Gasteiger partial charge in [0.25, 0.3) is 0 Å². The van der Waals surface area contributed by atoms with E-state index < -0.39 is 0 Å². The summed E-state index contributed by atoms with van der Waals surface area (Å²) in [6.45, 7) is 4.59. The highest BCUT2D eigenvalue weighted by molar-refractivity contribution is 5.77. The smallest absolute Gasteiger partial charge is 0.0408 e. The largest absolute Gasteiger partial charge is 0.399 e. The molecule has 0 aliphatic rings. The van der Waals surface area contributed by atoms with Gasteiger partial charge in [0.1, 0.15) is 0 Å². The first-order valence-electron chi connectivity index (χ1n) is 14.1. The predicted octanol–water partition coefficient (Wildman–Crippen LogP) is 10.3. The molecule has 2 nitrogen and oxygen atoms in total. The molecule has 2 aromatic carbocycles. The van der Waals surface area contributed by atoms with E-state index in [0.29, 0.717) is 11.4 Å². The molecule has 0 bridgehead atoms. The van der Waals surface area contributed by atoms with Crippen molar-refractivity contribution in [2.24, 2.45) is 0 Å². The molecular weight excluding hydrogens is 412 g/mol. The fourth-order valence-electron chi connectivity index (χ4n) is 4.12. The van der Waals surface area contributed by atoms with Crippen LogP contribution in [0, 0.1) is 0 Å². The molecule has 2 heteroatoms. The van der Waals surface area contributed by atoms with Gasteiger partial charge in [0.2, 0.25) is 0 Å². The van der Waals surface area contributed by atoms with Crippen LogP contribution in [0.2, 0.25) is 0 Å². The Balaban J connectivity index is 0.000000341. The molecule has 4 N–H and O–H groups in total. The first-order chi connectivity index (χ1) is 16.7. The van der Waals surface area contributed by atoms with Gasteiger partial charge in [-0.2, -0.15) is 0 Å². The number of rotatable bonds is 17. The van der Waals surface area contributed by atoms with Crippen LogP contribution < -0.4 is 11.5 Å². The highest BCUT2D eigenvalue weighted by Gasteiger charge is 1.95. The Morgan fingerprint density at radius 1 is 0.529 bits per heavy atom. The lowest BCUT2D eigenvalue weighted by Crippen LogP contribution is -1.92. The number of unbranched alkanes of at least 4 members (excludes halogenated alkanes) is 15. The molecule has 0 aliphatic heterocycles. The molecule has 0 fully saturated rings. The maximum absolute atomic E-state index is 5.85. The molecule has 190 valence electrons. The van der Waals surface area contributed by atoms with Crippen molar-refractivity contribution in [2.45, 2.75) is 117 Å². The SMILES string of the molecule is CCCCCCCCCCCCCCCCCC.Nc1ccc(C=Cc2ccccc2)c(N)c1. The van der Waals surface area contributed by atoms with Crippen molar-refractivity contribution in [3.8, 4) is 0 Å². The lowest BCUT2D eigenvalue weighted by molar-refractivity contribution is 0.531. The molecule has 0 saturated carbocycles. The zero-order chi connectivity index (χ0) is 24.7.